The summed E-state index contributed by atoms with van der Waals surface area (Å²) >= 11 is 1.71. The van der Waals surface area contributed by atoms with E-state index in [1.165, 1.54) is 11.3 Å². The molecule has 1 aliphatic rings. The molecule has 0 saturated heterocycles. The van der Waals surface area contributed by atoms with Crippen LogP contribution in [0.3, 0.4) is 0 Å². The molecule has 0 amide bonds. The van der Waals surface area contributed by atoms with Gasteiger partial charge in [0, 0.05) is 6.20 Å². The fourth-order valence-electron chi connectivity index (χ4n) is 1.33. The number of anilines is 1. The highest BCUT2D eigenvalue weighted by Gasteiger charge is 2.06. The molecule has 0 aliphatic carbocycles. The molecule has 1 aliphatic heterocycles. The van der Waals surface area contributed by atoms with E-state index < -0.39 is 0 Å². The maximum absolute atomic E-state index is 2.19. The second kappa shape index (κ2) is 4.38. The Morgan fingerprint density at radius 3 is 2.71 bits per heavy atom. The lowest BCUT2D eigenvalue weighted by Gasteiger charge is -2.21. The molecule has 1 aromatic rings. The van der Waals surface area contributed by atoms with E-state index >= 15 is 0 Å². The molecule has 0 spiro atoms. The SMILES string of the molecule is CCC1=CN(c2ccccc2)SC=C1. The Morgan fingerprint density at radius 2 is 2.00 bits per heavy atom. The zero-order chi connectivity index (χ0) is 9.80. The van der Waals surface area contributed by atoms with E-state index in [1.807, 2.05) is 6.07 Å². The largest absolute Gasteiger partial charge is 0.288 e. The highest BCUT2D eigenvalue weighted by molar-refractivity contribution is 8.03. The van der Waals surface area contributed by atoms with E-state index in [-0.39, 0.29) is 0 Å². The predicted molar refractivity (Wildman–Crippen MR) is 64.0 cm³/mol. The Bertz CT molecular complexity index is 354. The summed E-state index contributed by atoms with van der Waals surface area (Å²) in [5.41, 5.74) is 2.60. The summed E-state index contributed by atoms with van der Waals surface area (Å²) in [6.07, 6.45) is 5.45. The molecule has 0 atom stereocenters. The van der Waals surface area contributed by atoms with Crippen LogP contribution >= 0.6 is 11.9 Å². The summed E-state index contributed by atoms with van der Waals surface area (Å²) in [5, 5.41) is 2.13. The van der Waals surface area contributed by atoms with Gasteiger partial charge in [-0.1, -0.05) is 25.1 Å². The summed E-state index contributed by atoms with van der Waals surface area (Å²) in [6.45, 7) is 2.18. The minimum atomic E-state index is 1.08. The normalized spacial score (nSPS) is 15.5. The van der Waals surface area contributed by atoms with Gasteiger partial charge in [0.2, 0.25) is 0 Å². The summed E-state index contributed by atoms with van der Waals surface area (Å²) in [6, 6.07) is 10.4. The third-order valence-corrected chi connectivity index (χ3v) is 2.96. The van der Waals surface area contributed by atoms with Gasteiger partial charge < -0.3 is 0 Å². The second-order valence-corrected chi connectivity index (χ2v) is 4.00. The summed E-state index contributed by atoms with van der Waals surface area (Å²) in [4.78, 5) is 0. The van der Waals surface area contributed by atoms with Crippen LogP contribution in [-0.2, 0) is 0 Å². The predicted octanol–water partition coefficient (Wildman–Crippen LogP) is 3.96. The van der Waals surface area contributed by atoms with Gasteiger partial charge in [-0.15, -0.1) is 0 Å². The molecular formula is C12H13NS. The lowest BCUT2D eigenvalue weighted by Crippen LogP contribution is -2.07. The first-order valence-corrected chi connectivity index (χ1v) is 5.62. The molecule has 0 unspecified atom stereocenters. The number of hydrogen-bond donors (Lipinski definition) is 0. The summed E-state index contributed by atoms with van der Waals surface area (Å²) in [7, 11) is 0. The van der Waals surface area contributed by atoms with Crippen molar-refractivity contribution < 1.29 is 0 Å². The van der Waals surface area contributed by atoms with E-state index in [2.05, 4.69) is 53.2 Å². The van der Waals surface area contributed by atoms with Gasteiger partial charge in [0.15, 0.2) is 0 Å². The maximum Gasteiger partial charge on any atom is 0.0521 e. The average molecular weight is 203 g/mol. The molecule has 0 N–H and O–H groups in total. The van der Waals surface area contributed by atoms with Crippen molar-refractivity contribution in [1.29, 1.82) is 0 Å². The Morgan fingerprint density at radius 1 is 1.21 bits per heavy atom. The first-order valence-electron chi connectivity index (χ1n) is 4.78. The number of nitrogens with zero attached hydrogens (tertiary/aromatic N) is 1. The van der Waals surface area contributed by atoms with Crippen LogP contribution in [0.5, 0.6) is 0 Å². The van der Waals surface area contributed by atoms with Crippen molar-refractivity contribution in [2.75, 3.05) is 4.31 Å². The maximum atomic E-state index is 2.19. The quantitative estimate of drug-likeness (QED) is 0.669. The van der Waals surface area contributed by atoms with E-state index in [9.17, 15) is 0 Å². The smallest absolute Gasteiger partial charge is 0.0521 e. The van der Waals surface area contributed by atoms with Crippen LogP contribution in [-0.4, -0.2) is 0 Å². The average Bonchev–Trinajstić information content (AvgIpc) is 2.30. The lowest BCUT2D eigenvalue weighted by atomic mass is 10.2. The molecule has 0 saturated carbocycles. The first kappa shape index (κ1) is 9.41. The zero-order valence-electron chi connectivity index (χ0n) is 8.18. The molecule has 2 heteroatoms. The Kier molecular flexibility index (Phi) is 2.94. The molecule has 72 valence electrons. The fourth-order valence-corrected chi connectivity index (χ4v) is 2.13. The number of allylic oxidation sites excluding steroid dienone is 2. The lowest BCUT2D eigenvalue weighted by molar-refractivity contribution is 1.13. The minimum Gasteiger partial charge on any atom is -0.288 e. The Balaban J connectivity index is 2.21. The molecule has 0 aromatic heterocycles. The molecule has 14 heavy (non-hydrogen) atoms. The van der Waals surface area contributed by atoms with Gasteiger partial charge in [0.05, 0.1) is 5.69 Å². The minimum absolute atomic E-state index is 1.08. The number of hydrogen-bond acceptors (Lipinski definition) is 2. The third kappa shape index (κ3) is 2.02. The molecule has 1 heterocycles. The van der Waals surface area contributed by atoms with Gasteiger partial charge in [-0.25, -0.2) is 0 Å². The van der Waals surface area contributed by atoms with Gasteiger partial charge in [-0.2, -0.15) is 0 Å². The van der Waals surface area contributed by atoms with E-state index in [4.69, 9.17) is 0 Å². The van der Waals surface area contributed by atoms with Crippen LogP contribution in [0.1, 0.15) is 13.3 Å². The van der Waals surface area contributed by atoms with Crippen molar-refractivity contribution in [1.82, 2.24) is 0 Å². The number of rotatable bonds is 2. The third-order valence-electron chi connectivity index (χ3n) is 2.16. The van der Waals surface area contributed by atoms with Gasteiger partial charge in [-0.05, 0) is 47.6 Å². The van der Waals surface area contributed by atoms with Crippen molar-refractivity contribution in [2.45, 2.75) is 13.3 Å². The second-order valence-electron chi connectivity index (χ2n) is 3.13. The summed E-state index contributed by atoms with van der Waals surface area (Å²) < 4.78 is 2.19. The molecule has 1 nitrogen and oxygen atoms in total. The molecular weight excluding hydrogens is 190 g/mol. The van der Waals surface area contributed by atoms with Crippen LogP contribution in [0.25, 0.3) is 0 Å². The van der Waals surface area contributed by atoms with Crippen molar-refractivity contribution in [3.8, 4) is 0 Å². The van der Waals surface area contributed by atoms with Gasteiger partial charge in [0.1, 0.15) is 0 Å². The van der Waals surface area contributed by atoms with Crippen molar-refractivity contribution in [3.05, 3.63) is 53.6 Å². The van der Waals surface area contributed by atoms with Crippen LogP contribution < -0.4 is 4.31 Å². The first-order chi connectivity index (χ1) is 6.90. The van der Waals surface area contributed by atoms with Gasteiger partial charge >= 0.3 is 0 Å². The number of para-hydroxylation sites is 1. The molecule has 2 rings (SSSR count). The van der Waals surface area contributed by atoms with Crippen molar-refractivity contribution in [2.24, 2.45) is 0 Å². The van der Waals surface area contributed by atoms with Crippen LogP contribution in [0.15, 0.2) is 53.6 Å². The van der Waals surface area contributed by atoms with Crippen molar-refractivity contribution >= 4 is 17.6 Å². The molecule has 1 aromatic carbocycles. The van der Waals surface area contributed by atoms with Gasteiger partial charge in [0.25, 0.3) is 0 Å². The van der Waals surface area contributed by atoms with E-state index in [0.717, 1.165) is 6.42 Å². The topological polar surface area (TPSA) is 3.24 Å². The zero-order valence-corrected chi connectivity index (χ0v) is 9.00. The van der Waals surface area contributed by atoms with Gasteiger partial charge in [-0.3, -0.25) is 4.31 Å². The monoisotopic (exact) mass is 203 g/mol. The Labute approximate surface area is 89.3 Å². The van der Waals surface area contributed by atoms with E-state index in [0.29, 0.717) is 0 Å². The fraction of sp³-hybridized carbons (Fsp3) is 0.167. The van der Waals surface area contributed by atoms with Crippen LogP contribution in [0.4, 0.5) is 5.69 Å². The molecule has 0 bridgehead atoms. The van der Waals surface area contributed by atoms with E-state index in [1.54, 1.807) is 11.9 Å². The standard InChI is InChI=1S/C12H13NS/c1-2-11-8-9-14-13(10-11)12-6-4-3-5-7-12/h3-10H,2H2,1H3. The Hall–Kier alpha value is -1.15. The summed E-state index contributed by atoms with van der Waals surface area (Å²) in [5.74, 6) is 0. The highest BCUT2D eigenvalue weighted by Crippen LogP contribution is 2.28. The number of benzene rings is 1. The van der Waals surface area contributed by atoms with Crippen LogP contribution in [0.2, 0.25) is 0 Å². The molecule has 0 radical (unpaired) electrons. The highest BCUT2D eigenvalue weighted by atomic mass is 32.2. The van der Waals surface area contributed by atoms with Crippen molar-refractivity contribution in [3.63, 3.8) is 0 Å². The molecule has 0 fully saturated rings. The van der Waals surface area contributed by atoms with Crippen LogP contribution in [0, 0.1) is 0 Å².